The predicted octanol–water partition coefficient (Wildman–Crippen LogP) is 5.93. The zero-order valence-corrected chi connectivity index (χ0v) is 17.0. The number of nitrogens with zero attached hydrogens (tertiary/aromatic N) is 1. The summed E-state index contributed by atoms with van der Waals surface area (Å²) in [4.78, 5) is 24.8. The van der Waals surface area contributed by atoms with Crippen LogP contribution in [0.1, 0.15) is 116 Å². The van der Waals surface area contributed by atoms with Crippen molar-refractivity contribution >= 4 is 11.9 Å². The molecule has 1 N–H and O–H groups in total. The van der Waals surface area contributed by atoms with Crippen molar-refractivity contribution in [2.45, 2.75) is 122 Å². The Bertz CT molecular complexity index is 384. The first-order valence-electron chi connectivity index (χ1n) is 11.2. The van der Waals surface area contributed by atoms with Crippen molar-refractivity contribution in [3.05, 3.63) is 0 Å². The van der Waals surface area contributed by atoms with E-state index in [9.17, 15) is 9.59 Å². The summed E-state index contributed by atoms with van der Waals surface area (Å²) in [5, 5.41) is 9.13. The van der Waals surface area contributed by atoms with E-state index in [1.807, 2.05) is 0 Å². The van der Waals surface area contributed by atoms with E-state index in [1.54, 1.807) is 4.90 Å². The van der Waals surface area contributed by atoms with Crippen LogP contribution in [0.4, 0.5) is 0 Å². The highest BCUT2D eigenvalue weighted by Crippen LogP contribution is 2.20. The third kappa shape index (κ3) is 10.2. The van der Waals surface area contributed by atoms with Gasteiger partial charge in [-0.05, 0) is 19.3 Å². The standard InChI is InChI=1S/C22H41NO3/c1-2-3-4-5-6-7-8-9-10-11-12-13-14-15-18-21(24)23-19-16-17-20(23)22(25)26/h20H,2-19H2,1H3,(H,25,26)/t20-/m0/s1. The molecule has 0 aliphatic carbocycles. The van der Waals surface area contributed by atoms with Crippen LogP contribution < -0.4 is 0 Å². The quantitative estimate of drug-likeness (QED) is 0.344. The first-order valence-corrected chi connectivity index (χ1v) is 11.2. The van der Waals surface area contributed by atoms with Crippen molar-refractivity contribution in [2.75, 3.05) is 6.54 Å². The van der Waals surface area contributed by atoms with Gasteiger partial charge in [-0.25, -0.2) is 4.79 Å². The Hall–Kier alpha value is -1.06. The van der Waals surface area contributed by atoms with E-state index < -0.39 is 12.0 Å². The second-order valence-electron chi connectivity index (χ2n) is 7.93. The van der Waals surface area contributed by atoms with Crippen molar-refractivity contribution in [1.82, 2.24) is 4.90 Å². The maximum Gasteiger partial charge on any atom is 0.326 e. The van der Waals surface area contributed by atoms with Gasteiger partial charge in [0.15, 0.2) is 0 Å². The fraction of sp³-hybridized carbons (Fsp3) is 0.909. The molecule has 0 spiro atoms. The third-order valence-electron chi connectivity index (χ3n) is 5.60. The molecule has 4 nitrogen and oxygen atoms in total. The number of rotatable bonds is 16. The van der Waals surface area contributed by atoms with E-state index in [0.717, 1.165) is 19.3 Å². The van der Waals surface area contributed by atoms with Crippen molar-refractivity contribution in [3.63, 3.8) is 0 Å². The molecule has 1 fully saturated rings. The number of carboxylic acids is 1. The van der Waals surface area contributed by atoms with Gasteiger partial charge in [0.05, 0.1) is 0 Å². The van der Waals surface area contributed by atoms with Crippen LogP contribution in [0.2, 0.25) is 0 Å². The Morgan fingerprint density at radius 3 is 1.73 bits per heavy atom. The van der Waals surface area contributed by atoms with Crippen molar-refractivity contribution in [1.29, 1.82) is 0 Å². The fourth-order valence-electron chi connectivity index (χ4n) is 3.94. The van der Waals surface area contributed by atoms with Gasteiger partial charge in [-0.3, -0.25) is 4.79 Å². The Labute approximate surface area is 160 Å². The lowest BCUT2D eigenvalue weighted by Crippen LogP contribution is -2.40. The minimum atomic E-state index is -0.850. The van der Waals surface area contributed by atoms with Gasteiger partial charge >= 0.3 is 5.97 Å². The van der Waals surface area contributed by atoms with Crippen LogP contribution in [-0.2, 0) is 9.59 Å². The lowest BCUT2D eigenvalue weighted by Gasteiger charge is -2.21. The van der Waals surface area contributed by atoms with Crippen molar-refractivity contribution in [2.24, 2.45) is 0 Å². The van der Waals surface area contributed by atoms with Gasteiger partial charge in [0.1, 0.15) is 6.04 Å². The lowest BCUT2D eigenvalue weighted by molar-refractivity contribution is -0.148. The summed E-state index contributed by atoms with van der Waals surface area (Å²) in [5.74, 6) is -0.814. The number of amides is 1. The van der Waals surface area contributed by atoms with Gasteiger partial charge in [-0.15, -0.1) is 0 Å². The molecule has 0 aromatic heterocycles. The van der Waals surface area contributed by atoms with Crippen LogP contribution in [0.3, 0.4) is 0 Å². The molecule has 1 amide bonds. The zero-order chi connectivity index (χ0) is 19.0. The molecular weight excluding hydrogens is 326 g/mol. The second-order valence-corrected chi connectivity index (χ2v) is 7.93. The normalized spacial score (nSPS) is 17.0. The maximum absolute atomic E-state index is 12.1. The largest absolute Gasteiger partial charge is 0.480 e. The zero-order valence-electron chi connectivity index (χ0n) is 17.0. The summed E-state index contributed by atoms with van der Waals surface area (Å²) in [6.45, 7) is 2.88. The molecule has 1 aliphatic rings. The highest BCUT2D eigenvalue weighted by molar-refractivity contribution is 5.84. The van der Waals surface area contributed by atoms with Crippen LogP contribution in [-0.4, -0.2) is 34.5 Å². The van der Waals surface area contributed by atoms with Crippen LogP contribution >= 0.6 is 0 Å². The molecule has 26 heavy (non-hydrogen) atoms. The van der Waals surface area contributed by atoms with Crippen LogP contribution in [0.5, 0.6) is 0 Å². The van der Waals surface area contributed by atoms with Crippen LogP contribution in [0.15, 0.2) is 0 Å². The number of carbonyl (C=O) groups excluding carboxylic acids is 1. The number of carboxylic acid groups (broad SMARTS) is 1. The first kappa shape index (κ1) is 23.0. The Morgan fingerprint density at radius 2 is 1.27 bits per heavy atom. The number of hydrogen-bond acceptors (Lipinski definition) is 2. The fourth-order valence-corrected chi connectivity index (χ4v) is 3.94. The molecule has 1 aliphatic heterocycles. The van der Waals surface area contributed by atoms with Gasteiger partial charge in [-0.2, -0.15) is 0 Å². The number of carbonyl (C=O) groups is 2. The highest BCUT2D eigenvalue weighted by atomic mass is 16.4. The molecule has 1 rings (SSSR count). The van der Waals surface area contributed by atoms with E-state index in [2.05, 4.69) is 6.92 Å². The summed E-state index contributed by atoms with van der Waals surface area (Å²) >= 11 is 0. The summed E-state index contributed by atoms with van der Waals surface area (Å²) in [6.07, 6.45) is 20.2. The lowest BCUT2D eigenvalue weighted by atomic mass is 10.0. The Kier molecular flexibility index (Phi) is 13.3. The molecule has 0 bridgehead atoms. The SMILES string of the molecule is CCCCCCCCCCCCCCCCC(=O)N1CCC[C@H]1C(=O)O. The number of hydrogen-bond donors (Lipinski definition) is 1. The molecule has 1 atom stereocenters. The van der Waals surface area contributed by atoms with E-state index in [1.165, 1.54) is 77.0 Å². The maximum atomic E-state index is 12.1. The second kappa shape index (κ2) is 15.0. The summed E-state index contributed by atoms with van der Waals surface area (Å²) in [7, 11) is 0. The number of unbranched alkanes of at least 4 members (excludes halogenated alkanes) is 13. The van der Waals surface area contributed by atoms with E-state index in [0.29, 0.717) is 19.4 Å². The number of likely N-dealkylation sites (tertiary alicyclic amines) is 1. The molecule has 0 unspecified atom stereocenters. The molecule has 0 aromatic carbocycles. The monoisotopic (exact) mass is 367 g/mol. The average Bonchev–Trinajstić information content (AvgIpc) is 3.12. The van der Waals surface area contributed by atoms with Gasteiger partial charge < -0.3 is 10.0 Å². The number of aliphatic carboxylic acids is 1. The molecule has 4 heteroatoms. The van der Waals surface area contributed by atoms with Gasteiger partial charge in [0.2, 0.25) is 5.91 Å². The average molecular weight is 368 g/mol. The van der Waals surface area contributed by atoms with Gasteiger partial charge in [0.25, 0.3) is 0 Å². The van der Waals surface area contributed by atoms with Crippen LogP contribution in [0.25, 0.3) is 0 Å². The van der Waals surface area contributed by atoms with Gasteiger partial charge in [0, 0.05) is 13.0 Å². The van der Waals surface area contributed by atoms with Crippen molar-refractivity contribution < 1.29 is 14.7 Å². The summed E-state index contributed by atoms with van der Waals surface area (Å²) < 4.78 is 0. The topological polar surface area (TPSA) is 57.6 Å². The van der Waals surface area contributed by atoms with Crippen LogP contribution in [0, 0.1) is 0 Å². The molecule has 0 aromatic rings. The Morgan fingerprint density at radius 1 is 0.808 bits per heavy atom. The Balaban J connectivity index is 1.86. The molecule has 1 saturated heterocycles. The summed E-state index contributed by atoms with van der Waals surface area (Å²) in [5.41, 5.74) is 0. The molecule has 0 radical (unpaired) electrons. The van der Waals surface area contributed by atoms with Gasteiger partial charge in [-0.1, -0.05) is 90.4 Å². The van der Waals surface area contributed by atoms with E-state index >= 15 is 0 Å². The minimum Gasteiger partial charge on any atom is -0.480 e. The third-order valence-corrected chi connectivity index (χ3v) is 5.60. The molecular formula is C22H41NO3. The molecule has 0 saturated carbocycles. The first-order chi connectivity index (χ1) is 12.7. The van der Waals surface area contributed by atoms with Crippen molar-refractivity contribution in [3.8, 4) is 0 Å². The highest BCUT2D eigenvalue weighted by Gasteiger charge is 2.33. The predicted molar refractivity (Wildman–Crippen MR) is 107 cm³/mol. The molecule has 152 valence electrons. The van der Waals surface area contributed by atoms with E-state index in [-0.39, 0.29) is 5.91 Å². The smallest absolute Gasteiger partial charge is 0.326 e. The summed E-state index contributed by atoms with van der Waals surface area (Å²) in [6, 6.07) is -0.575. The van der Waals surface area contributed by atoms with E-state index in [4.69, 9.17) is 5.11 Å². The minimum absolute atomic E-state index is 0.0360. The molecule has 1 heterocycles.